The van der Waals surface area contributed by atoms with Gasteiger partial charge in [0.2, 0.25) is 0 Å². The van der Waals surface area contributed by atoms with Crippen LogP contribution >= 0.6 is 0 Å². The van der Waals surface area contributed by atoms with Gasteiger partial charge in [0.15, 0.2) is 17.3 Å². The van der Waals surface area contributed by atoms with E-state index in [1.54, 1.807) is 6.07 Å². The number of rotatable bonds is 5. The number of carbonyl (C=O) groups excluding carboxylic acids is 1. The van der Waals surface area contributed by atoms with Gasteiger partial charge in [-0.1, -0.05) is 0 Å². The molecule has 3 heterocycles. The van der Waals surface area contributed by atoms with Crippen molar-refractivity contribution in [3.63, 3.8) is 0 Å². The van der Waals surface area contributed by atoms with E-state index < -0.39 is 36.2 Å². The molecule has 13 heteroatoms. The van der Waals surface area contributed by atoms with Crippen molar-refractivity contribution in [3.8, 4) is 0 Å². The topological polar surface area (TPSA) is 109 Å². The maximum atomic E-state index is 15.0. The lowest BCUT2D eigenvalue weighted by Crippen LogP contribution is -2.38. The molecular formula is C20H21F4N7O2. The van der Waals surface area contributed by atoms with Crippen LogP contribution < -0.4 is 10.6 Å². The van der Waals surface area contributed by atoms with Gasteiger partial charge in [0.25, 0.3) is 0 Å². The quantitative estimate of drug-likeness (QED) is 0.488. The summed E-state index contributed by atoms with van der Waals surface area (Å²) in [7, 11) is 0. The Kier molecular flexibility index (Phi) is 4.94. The highest BCUT2D eigenvalue weighted by molar-refractivity contribution is 5.72. The second-order valence-electron chi connectivity index (χ2n) is 8.72. The van der Waals surface area contributed by atoms with Crippen LogP contribution in [0.15, 0.2) is 24.5 Å². The molecule has 0 bridgehead atoms. The van der Waals surface area contributed by atoms with Crippen molar-refractivity contribution in [1.29, 1.82) is 0 Å². The van der Waals surface area contributed by atoms with Crippen molar-refractivity contribution in [2.75, 3.05) is 5.32 Å². The number of ether oxygens (including phenoxy) is 1. The van der Waals surface area contributed by atoms with Crippen molar-refractivity contribution >= 4 is 23.2 Å². The number of alkyl carbamates (subject to hydrolysis) is 1. The van der Waals surface area contributed by atoms with Gasteiger partial charge in [0.1, 0.15) is 17.8 Å². The van der Waals surface area contributed by atoms with Gasteiger partial charge in [-0.15, -0.1) is 0 Å². The Morgan fingerprint density at radius 2 is 2.09 bits per heavy atom. The normalized spacial score (nSPS) is 24.1. The van der Waals surface area contributed by atoms with E-state index in [1.165, 1.54) is 12.4 Å². The predicted molar refractivity (Wildman–Crippen MR) is 108 cm³/mol. The average Bonchev–Trinajstić information content (AvgIpc) is 3.13. The second kappa shape index (κ2) is 7.59. The number of hydrogen-bond acceptors (Lipinski definition) is 6. The van der Waals surface area contributed by atoms with Crippen LogP contribution in [0.25, 0.3) is 5.52 Å². The minimum Gasteiger partial charge on any atom is -0.443 e. The Bertz CT molecular complexity index is 1190. The molecule has 2 aliphatic carbocycles. The molecule has 176 valence electrons. The van der Waals surface area contributed by atoms with Crippen molar-refractivity contribution in [3.05, 3.63) is 35.9 Å². The van der Waals surface area contributed by atoms with Crippen LogP contribution in [0.5, 0.6) is 0 Å². The molecule has 3 atom stereocenters. The number of anilines is 2. The monoisotopic (exact) mass is 467 g/mol. The number of aromatic nitrogens is 5. The molecule has 0 aromatic carbocycles. The summed E-state index contributed by atoms with van der Waals surface area (Å²) < 4.78 is 60.3. The van der Waals surface area contributed by atoms with Gasteiger partial charge in [-0.3, -0.25) is 5.10 Å². The molecule has 5 rings (SSSR count). The van der Waals surface area contributed by atoms with Crippen LogP contribution in [0.3, 0.4) is 0 Å². The van der Waals surface area contributed by atoms with Crippen LogP contribution in [0, 0.1) is 0 Å². The van der Waals surface area contributed by atoms with Crippen LogP contribution in [-0.2, 0) is 10.9 Å². The molecule has 9 nitrogen and oxygen atoms in total. The molecule has 1 amide bonds. The van der Waals surface area contributed by atoms with Gasteiger partial charge in [0, 0.05) is 41.7 Å². The fraction of sp³-hybridized carbons (Fsp3) is 0.500. The molecule has 2 saturated carbocycles. The number of amides is 1. The number of alkyl halides is 4. The third-order valence-corrected chi connectivity index (χ3v) is 6.09. The molecule has 0 saturated heterocycles. The summed E-state index contributed by atoms with van der Waals surface area (Å²) in [5.41, 5.74) is -0.694. The van der Waals surface area contributed by atoms with E-state index >= 15 is 4.39 Å². The summed E-state index contributed by atoms with van der Waals surface area (Å²) >= 11 is 0. The Morgan fingerprint density at radius 1 is 1.30 bits per heavy atom. The third-order valence-electron chi connectivity index (χ3n) is 6.09. The van der Waals surface area contributed by atoms with E-state index in [4.69, 9.17) is 4.74 Å². The molecule has 33 heavy (non-hydrogen) atoms. The maximum absolute atomic E-state index is 15.0. The highest BCUT2D eigenvalue weighted by Crippen LogP contribution is 2.39. The third kappa shape index (κ3) is 4.31. The fourth-order valence-corrected chi connectivity index (χ4v) is 3.97. The van der Waals surface area contributed by atoms with E-state index in [9.17, 15) is 18.0 Å². The second-order valence-corrected chi connectivity index (χ2v) is 8.72. The molecule has 3 aromatic rings. The van der Waals surface area contributed by atoms with Gasteiger partial charge in [-0.25, -0.2) is 18.7 Å². The van der Waals surface area contributed by atoms with Gasteiger partial charge in [0.05, 0.1) is 0 Å². The first-order valence-electron chi connectivity index (χ1n) is 10.5. The molecule has 2 aliphatic rings. The van der Waals surface area contributed by atoms with Crippen LogP contribution in [0.2, 0.25) is 0 Å². The minimum absolute atomic E-state index is 0.113. The standard InChI is InChI=1S/C20H21F4N7O2/c1-19(4-5-19)27-18(32)33-13-3-2-10(16(13)21)11-8-15(29-28-11)26-17-12-9-14(20(22,23)24)30-31(12)7-6-25-17/h6-10,13,16H,2-5H2,1H3,(H,27,32)(H2,25,26,28,29)/t10-,13-,16-/m1/s1. The number of nitrogens with zero attached hydrogens (tertiary/aromatic N) is 4. The number of hydrogen-bond donors (Lipinski definition) is 3. The van der Waals surface area contributed by atoms with Crippen molar-refractivity contribution < 1.29 is 27.1 Å². The summed E-state index contributed by atoms with van der Waals surface area (Å²) in [5, 5.41) is 15.9. The predicted octanol–water partition coefficient (Wildman–Crippen LogP) is 4.08. The molecule has 2 fully saturated rings. The van der Waals surface area contributed by atoms with E-state index in [0.29, 0.717) is 18.5 Å². The lowest BCUT2D eigenvalue weighted by molar-refractivity contribution is -0.141. The number of H-pyrrole nitrogens is 1. The number of carbonyl (C=O) groups is 1. The SMILES string of the molecule is CC1(NC(=O)O[C@@H]2CC[C@H](c3cc(Nc4nccn5nc(C(F)(F)F)cc45)n[nH]3)[C@H]2F)CC1. The Hall–Kier alpha value is -3.38. The van der Waals surface area contributed by atoms with E-state index in [2.05, 4.69) is 30.9 Å². The highest BCUT2D eigenvalue weighted by Gasteiger charge is 2.43. The van der Waals surface area contributed by atoms with Crippen LogP contribution in [0.1, 0.15) is 49.9 Å². The van der Waals surface area contributed by atoms with Crippen molar-refractivity contribution in [2.45, 2.75) is 62.5 Å². The Balaban J connectivity index is 1.27. The number of nitrogens with one attached hydrogen (secondary N) is 3. The number of fused-ring (bicyclic) bond motifs is 1. The van der Waals surface area contributed by atoms with Crippen molar-refractivity contribution in [1.82, 2.24) is 30.1 Å². The van der Waals surface area contributed by atoms with E-state index in [1.807, 2.05) is 6.92 Å². The molecule has 0 radical (unpaired) electrons. The zero-order chi connectivity index (χ0) is 23.4. The fourth-order valence-electron chi connectivity index (χ4n) is 3.97. The number of halogens is 4. The summed E-state index contributed by atoms with van der Waals surface area (Å²) in [6.45, 7) is 1.90. The molecule has 3 aromatic heterocycles. The minimum atomic E-state index is -4.59. The Labute approximate surface area is 184 Å². The lowest BCUT2D eigenvalue weighted by atomic mass is 10.0. The Morgan fingerprint density at radius 3 is 2.82 bits per heavy atom. The first kappa shape index (κ1) is 21.5. The van der Waals surface area contributed by atoms with Gasteiger partial charge < -0.3 is 15.4 Å². The van der Waals surface area contributed by atoms with Crippen LogP contribution in [-0.4, -0.2) is 48.7 Å². The first-order chi connectivity index (χ1) is 15.6. The summed E-state index contributed by atoms with van der Waals surface area (Å²) in [6, 6.07) is 2.45. The molecule has 3 N–H and O–H groups in total. The van der Waals surface area contributed by atoms with Crippen LogP contribution in [0.4, 0.5) is 34.0 Å². The smallest absolute Gasteiger partial charge is 0.435 e. The average molecular weight is 467 g/mol. The van der Waals surface area contributed by atoms with Gasteiger partial charge in [-0.2, -0.15) is 23.4 Å². The van der Waals surface area contributed by atoms with Gasteiger partial charge in [-0.05, 0) is 32.6 Å². The van der Waals surface area contributed by atoms with E-state index in [-0.39, 0.29) is 22.7 Å². The highest BCUT2D eigenvalue weighted by atomic mass is 19.4. The lowest BCUT2D eigenvalue weighted by Gasteiger charge is -2.19. The zero-order valence-electron chi connectivity index (χ0n) is 17.5. The van der Waals surface area contributed by atoms with Gasteiger partial charge >= 0.3 is 12.3 Å². The summed E-state index contributed by atoms with van der Waals surface area (Å²) in [4.78, 5) is 16.1. The summed E-state index contributed by atoms with van der Waals surface area (Å²) in [5.74, 6) is -0.178. The van der Waals surface area contributed by atoms with Crippen molar-refractivity contribution in [2.24, 2.45) is 0 Å². The largest absolute Gasteiger partial charge is 0.443 e. The maximum Gasteiger partial charge on any atom is 0.435 e. The summed E-state index contributed by atoms with van der Waals surface area (Å²) in [6.07, 6.45) is -2.31. The van der Waals surface area contributed by atoms with E-state index in [0.717, 1.165) is 23.4 Å². The molecule has 0 aliphatic heterocycles. The molecule has 0 unspecified atom stereocenters. The number of aromatic amines is 1. The molecule has 0 spiro atoms. The zero-order valence-corrected chi connectivity index (χ0v) is 17.5. The molecular weight excluding hydrogens is 446 g/mol. The first-order valence-corrected chi connectivity index (χ1v) is 10.5.